The molecule has 3 N–H and O–H groups in total. The average molecular weight is 310 g/mol. The van der Waals surface area contributed by atoms with Gasteiger partial charge in [-0.1, -0.05) is 49.6 Å². The molecule has 1 aromatic heterocycles. The number of nitrogens with one attached hydrogen (secondary N) is 1. The number of primary amides is 1. The van der Waals surface area contributed by atoms with Crippen molar-refractivity contribution in [1.82, 2.24) is 15.3 Å². The Labute approximate surface area is 136 Å². The SMILES string of the molecule is NC(=O)c1cc(-c2ccccc2)nc(C2CCCCCCN2)n1. The first-order valence-corrected chi connectivity index (χ1v) is 8.21. The van der Waals surface area contributed by atoms with Crippen LogP contribution < -0.4 is 11.1 Å². The molecule has 5 nitrogen and oxygen atoms in total. The van der Waals surface area contributed by atoms with Crippen molar-refractivity contribution in [2.24, 2.45) is 5.73 Å². The Hall–Kier alpha value is -2.27. The molecule has 2 aromatic rings. The number of aromatic nitrogens is 2. The largest absolute Gasteiger partial charge is 0.364 e. The molecule has 0 radical (unpaired) electrons. The highest BCUT2D eigenvalue weighted by atomic mass is 16.1. The summed E-state index contributed by atoms with van der Waals surface area (Å²) in [6, 6.07) is 11.6. The predicted molar refractivity (Wildman–Crippen MR) is 89.8 cm³/mol. The summed E-state index contributed by atoms with van der Waals surface area (Å²) in [4.78, 5) is 20.8. The van der Waals surface area contributed by atoms with Gasteiger partial charge in [0.25, 0.3) is 5.91 Å². The quantitative estimate of drug-likeness (QED) is 0.913. The van der Waals surface area contributed by atoms with Crippen molar-refractivity contribution >= 4 is 5.91 Å². The van der Waals surface area contributed by atoms with E-state index in [9.17, 15) is 4.79 Å². The average Bonchev–Trinajstić information content (AvgIpc) is 2.55. The van der Waals surface area contributed by atoms with Gasteiger partial charge in [-0.05, 0) is 25.5 Å². The van der Waals surface area contributed by atoms with Crippen LogP contribution in [0.5, 0.6) is 0 Å². The number of hydrogen-bond acceptors (Lipinski definition) is 4. The van der Waals surface area contributed by atoms with Crippen LogP contribution in [0.3, 0.4) is 0 Å². The zero-order valence-corrected chi connectivity index (χ0v) is 13.2. The Morgan fingerprint density at radius 1 is 1.09 bits per heavy atom. The van der Waals surface area contributed by atoms with Gasteiger partial charge in [-0.2, -0.15) is 0 Å². The lowest BCUT2D eigenvalue weighted by Crippen LogP contribution is -2.27. The second-order valence-electron chi connectivity index (χ2n) is 5.94. The lowest BCUT2D eigenvalue weighted by Gasteiger charge is -2.21. The summed E-state index contributed by atoms with van der Waals surface area (Å²) >= 11 is 0. The van der Waals surface area contributed by atoms with E-state index < -0.39 is 5.91 Å². The van der Waals surface area contributed by atoms with Crippen LogP contribution in [0, 0.1) is 0 Å². The third-order valence-corrected chi connectivity index (χ3v) is 4.19. The molecule has 3 rings (SSSR count). The zero-order chi connectivity index (χ0) is 16.1. The molecule has 120 valence electrons. The van der Waals surface area contributed by atoms with Gasteiger partial charge < -0.3 is 11.1 Å². The van der Waals surface area contributed by atoms with Gasteiger partial charge in [0.15, 0.2) is 0 Å². The van der Waals surface area contributed by atoms with Crippen LogP contribution in [0.4, 0.5) is 0 Å². The minimum Gasteiger partial charge on any atom is -0.364 e. The highest BCUT2D eigenvalue weighted by Gasteiger charge is 2.19. The van der Waals surface area contributed by atoms with Crippen LogP contribution in [-0.4, -0.2) is 22.4 Å². The molecule has 1 aliphatic rings. The van der Waals surface area contributed by atoms with E-state index in [2.05, 4.69) is 10.3 Å². The monoisotopic (exact) mass is 310 g/mol. The zero-order valence-electron chi connectivity index (χ0n) is 13.2. The molecular formula is C18H22N4O. The molecule has 23 heavy (non-hydrogen) atoms. The van der Waals surface area contributed by atoms with Gasteiger partial charge >= 0.3 is 0 Å². The van der Waals surface area contributed by atoms with Crippen LogP contribution in [0.25, 0.3) is 11.3 Å². The van der Waals surface area contributed by atoms with E-state index in [0.717, 1.165) is 37.1 Å². The maximum atomic E-state index is 11.7. The Kier molecular flexibility index (Phi) is 4.98. The molecule has 0 saturated carbocycles. The number of carbonyl (C=O) groups is 1. The Morgan fingerprint density at radius 2 is 1.87 bits per heavy atom. The summed E-state index contributed by atoms with van der Waals surface area (Å²) in [6.07, 6.45) is 5.78. The van der Waals surface area contributed by atoms with Crippen molar-refractivity contribution in [1.29, 1.82) is 0 Å². The van der Waals surface area contributed by atoms with Crippen LogP contribution in [-0.2, 0) is 0 Å². The standard InChI is InChI=1S/C18H22N4O/c19-17(23)16-12-15(13-8-4-3-5-9-13)21-18(22-16)14-10-6-1-2-7-11-20-14/h3-5,8-9,12,14,20H,1-2,6-7,10-11H2,(H2,19,23). The number of amides is 1. The number of nitrogens with zero attached hydrogens (tertiary/aromatic N) is 2. The molecule has 0 aliphatic carbocycles. The summed E-state index contributed by atoms with van der Waals surface area (Å²) in [5.41, 5.74) is 7.45. The summed E-state index contributed by atoms with van der Waals surface area (Å²) in [5.74, 6) is 0.152. The lowest BCUT2D eigenvalue weighted by molar-refractivity contribution is 0.0995. The van der Waals surface area contributed by atoms with Crippen LogP contribution in [0.15, 0.2) is 36.4 Å². The summed E-state index contributed by atoms with van der Waals surface area (Å²) in [6.45, 7) is 0.954. The molecule has 1 aromatic carbocycles. The number of nitrogens with two attached hydrogens (primary N) is 1. The van der Waals surface area contributed by atoms with Gasteiger partial charge in [-0.25, -0.2) is 9.97 Å². The van der Waals surface area contributed by atoms with E-state index in [4.69, 9.17) is 10.7 Å². The molecule has 1 amide bonds. The lowest BCUT2D eigenvalue weighted by atomic mass is 10.0. The van der Waals surface area contributed by atoms with Gasteiger partial charge in [-0.15, -0.1) is 0 Å². The van der Waals surface area contributed by atoms with E-state index in [-0.39, 0.29) is 11.7 Å². The number of rotatable bonds is 3. The van der Waals surface area contributed by atoms with Crippen molar-refractivity contribution in [2.45, 2.75) is 38.1 Å². The maximum absolute atomic E-state index is 11.7. The van der Waals surface area contributed by atoms with Crippen molar-refractivity contribution in [3.8, 4) is 11.3 Å². The second-order valence-corrected chi connectivity index (χ2v) is 5.94. The predicted octanol–water partition coefficient (Wildman–Crippen LogP) is 2.84. The summed E-state index contributed by atoms with van der Waals surface area (Å²) in [5, 5.41) is 3.51. The third-order valence-electron chi connectivity index (χ3n) is 4.19. The first-order valence-electron chi connectivity index (χ1n) is 8.21. The molecular weight excluding hydrogens is 288 g/mol. The maximum Gasteiger partial charge on any atom is 0.267 e. The van der Waals surface area contributed by atoms with Gasteiger partial charge in [0, 0.05) is 5.56 Å². The van der Waals surface area contributed by atoms with Crippen LogP contribution >= 0.6 is 0 Å². The van der Waals surface area contributed by atoms with Crippen molar-refractivity contribution in [3.05, 3.63) is 47.9 Å². The fourth-order valence-electron chi connectivity index (χ4n) is 2.93. The van der Waals surface area contributed by atoms with E-state index in [1.54, 1.807) is 6.07 Å². The summed E-state index contributed by atoms with van der Waals surface area (Å²) in [7, 11) is 0. The van der Waals surface area contributed by atoms with E-state index in [0.29, 0.717) is 5.82 Å². The Bertz CT molecular complexity index is 664. The molecule has 1 unspecified atom stereocenters. The minimum atomic E-state index is -0.517. The minimum absolute atomic E-state index is 0.0806. The summed E-state index contributed by atoms with van der Waals surface area (Å²) < 4.78 is 0. The van der Waals surface area contributed by atoms with Gasteiger partial charge in [0.05, 0.1) is 11.7 Å². The molecule has 2 heterocycles. The third kappa shape index (κ3) is 3.93. The first-order chi connectivity index (χ1) is 11.2. The topological polar surface area (TPSA) is 80.9 Å². The molecule has 1 aliphatic heterocycles. The second kappa shape index (κ2) is 7.33. The molecule has 0 bridgehead atoms. The number of carbonyl (C=O) groups excluding carboxylic acids is 1. The highest BCUT2D eigenvalue weighted by molar-refractivity contribution is 5.91. The van der Waals surface area contributed by atoms with Crippen molar-refractivity contribution < 1.29 is 4.79 Å². The molecule has 5 heteroatoms. The van der Waals surface area contributed by atoms with Crippen molar-refractivity contribution in [3.63, 3.8) is 0 Å². The normalized spacial score (nSPS) is 18.9. The Balaban J connectivity index is 1.98. The fraction of sp³-hybridized carbons (Fsp3) is 0.389. The molecule has 1 fully saturated rings. The van der Waals surface area contributed by atoms with Gasteiger partial charge in [-0.3, -0.25) is 4.79 Å². The first kappa shape index (κ1) is 15.6. The van der Waals surface area contributed by atoms with Gasteiger partial charge in [0.1, 0.15) is 11.5 Å². The van der Waals surface area contributed by atoms with Crippen molar-refractivity contribution in [2.75, 3.05) is 6.54 Å². The highest BCUT2D eigenvalue weighted by Crippen LogP contribution is 2.23. The molecule has 1 atom stereocenters. The number of benzene rings is 1. The Morgan fingerprint density at radius 3 is 2.65 bits per heavy atom. The van der Waals surface area contributed by atoms with Gasteiger partial charge in [0.2, 0.25) is 0 Å². The smallest absolute Gasteiger partial charge is 0.267 e. The number of hydrogen-bond donors (Lipinski definition) is 2. The van der Waals surface area contributed by atoms with E-state index in [1.807, 2.05) is 30.3 Å². The molecule has 0 spiro atoms. The van der Waals surface area contributed by atoms with E-state index >= 15 is 0 Å². The van der Waals surface area contributed by atoms with Crippen LogP contribution in [0.2, 0.25) is 0 Å². The van der Waals surface area contributed by atoms with Crippen LogP contribution in [0.1, 0.15) is 54.5 Å². The molecule has 1 saturated heterocycles. The fourth-order valence-corrected chi connectivity index (χ4v) is 2.93. The van der Waals surface area contributed by atoms with E-state index in [1.165, 1.54) is 12.8 Å².